The van der Waals surface area contributed by atoms with E-state index < -0.39 is 0 Å². The molecule has 0 unspecified atom stereocenters. The molecule has 23 heavy (non-hydrogen) atoms. The van der Waals surface area contributed by atoms with Crippen LogP contribution in [-0.2, 0) is 0 Å². The molecule has 0 saturated heterocycles. The highest BCUT2D eigenvalue weighted by molar-refractivity contribution is 6.02. The van der Waals surface area contributed by atoms with E-state index in [9.17, 15) is 0 Å². The average molecular weight is 311 g/mol. The highest BCUT2D eigenvalue weighted by atomic mass is 14.9. The maximum atomic E-state index is 4.84. The van der Waals surface area contributed by atoms with Crippen LogP contribution in [0.2, 0.25) is 0 Å². The van der Waals surface area contributed by atoms with Crippen LogP contribution >= 0.6 is 0 Å². The molecule has 0 aromatic rings. The van der Waals surface area contributed by atoms with E-state index in [2.05, 4.69) is 72.5 Å². The molecular formula is C21H31N2+. The zero-order valence-corrected chi connectivity index (χ0v) is 16.0. The molecule has 2 heteroatoms. The molecule has 1 N–H and O–H groups in total. The van der Waals surface area contributed by atoms with Gasteiger partial charge in [-0.05, 0) is 66.0 Å². The third-order valence-electron chi connectivity index (χ3n) is 5.83. The van der Waals surface area contributed by atoms with E-state index >= 15 is 0 Å². The summed E-state index contributed by atoms with van der Waals surface area (Å²) in [6, 6.07) is 0. The van der Waals surface area contributed by atoms with Crippen LogP contribution in [-0.4, -0.2) is 22.5 Å². The van der Waals surface area contributed by atoms with E-state index in [0.29, 0.717) is 0 Å². The van der Waals surface area contributed by atoms with Crippen molar-refractivity contribution in [2.45, 2.75) is 79.3 Å². The van der Waals surface area contributed by atoms with Crippen LogP contribution in [0, 0.1) is 5.41 Å². The predicted octanol–water partition coefficient (Wildman–Crippen LogP) is 3.54. The number of aliphatic imine (C=N–C) groups is 1. The Hall–Kier alpha value is -1.44. The summed E-state index contributed by atoms with van der Waals surface area (Å²) in [7, 11) is 0. The van der Waals surface area contributed by atoms with E-state index in [4.69, 9.17) is 4.99 Å². The van der Waals surface area contributed by atoms with Crippen LogP contribution in [0.15, 0.2) is 39.4 Å². The summed E-state index contributed by atoms with van der Waals surface area (Å²) in [6.45, 7) is 18.1. The molecule has 2 aliphatic heterocycles. The summed E-state index contributed by atoms with van der Waals surface area (Å²) in [4.78, 5) is 8.55. The van der Waals surface area contributed by atoms with E-state index in [0.717, 1.165) is 12.8 Å². The van der Waals surface area contributed by atoms with Crippen molar-refractivity contribution >= 4 is 11.4 Å². The van der Waals surface area contributed by atoms with Gasteiger partial charge in [-0.2, -0.15) is 0 Å². The van der Waals surface area contributed by atoms with Crippen LogP contribution < -0.4 is 4.99 Å². The van der Waals surface area contributed by atoms with Crippen molar-refractivity contribution in [3.63, 3.8) is 0 Å². The first-order valence-corrected chi connectivity index (χ1v) is 8.77. The largest absolute Gasteiger partial charge is 0.283 e. The molecule has 1 aliphatic carbocycles. The van der Waals surface area contributed by atoms with E-state index in [1.54, 1.807) is 0 Å². The molecule has 0 saturated carbocycles. The third kappa shape index (κ3) is 2.47. The van der Waals surface area contributed by atoms with Gasteiger partial charge in [-0.15, -0.1) is 0 Å². The predicted molar refractivity (Wildman–Crippen MR) is 99.1 cm³/mol. The molecular weight excluding hydrogens is 280 g/mol. The second kappa shape index (κ2) is 4.78. The van der Waals surface area contributed by atoms with Crippen molar-refractivity contribution in [2.24, 2.45) is 10.4 Å². The lowest BCUT2D eigenvalue weighted by molar-refractivity contribution is -0.534. The van der Waals surface area contributed by atoms with Gasteiger partial charge in [0.25, 0.3) is 0 Å². The first kappa shape index (κ1) is 16.4. The van der Waals surface area contributed by atoms with Gasteiger partial charge < -0.3 is 0 Å². The summed E-state index contributed by atoms with van der Waals surface area (Å²) in [6.07, 6.45) is 7.00. The van der Waals surface area contributed by atoms with Gasteiger partial charge in [0.05, 0.1) is 11.0 Å². The van der Waals surface area contributed by atoms with Crippen LogP contribution in [0.4, 0.5) is 0 Å². The summed E-state index contributed by atoms with van der Waals surface area (Å²) in [5.41, 5.74) is 8.62. The second-order valence-electron chi connectivity index (χ2n) is 8.99. The highest BCUT2D eigenvalue weighted by Crippen LogP contribution is 2.48. The Kier molecular flexibility index (Phi) is 3.41. The van der Waals surface area contributed by atoms with Gasteiger partial charge in [0, 0.05) is 19.1 Å². The summed E-state index contributed by atoms with van der Waals surface area (Å²) >= 11 is 0. The molecule has 2 nitrogen and oxygen atoms in total. The number of allylic oxidation sites excluding steroid dienone is 5. The van der Waals surface area contributed by atoms with Crippen LogP contribution in [0.1, 0.15) is 68.2 Å². The lowest BCUT2D eigenvalue weighted by atomic mass is 9.64. The van der Waals surface area contributed by atoms with Gasteiger partial charge in [-0.25, -0.2) is 4.99 Å². The Morgan fingerprint density at radius 1 is 0.957 bits per heavy atom. The normalized spacial score (nSPS) is 32.0. The second-order valence-corrected chi connectivity index (χ2v) is 8.99. The number of nitrogens with one attached hydrogen (secondary N) is 1. The maximum absolute atomic E-state index is 4.84. The lowest BCUT2D eigenvalue weighted by Crippen LogP contribution is -2.81. The van der Waals surface area contributed by atoms with Gasteiger partial charge in [0.15, 0.2) is 11.3 Å². The first-order chi connectivity index (χ1) is 10.5. The Bertz CT molecular complexity index is 699. The number of nitrogens with zero attached hydrogens (tertiary/aromatic N) is 1. The average Bonchev–Trinajstić information content (AvgIpc) is 2.79. The standard InChI is InChI=1S/C21H30N2/c1-13-9-17(18-11-19(5,6)22-15(18)3)10-14(2)21(13)12-20(7,8)23-16(21)4/h9-10H,11-12H2,1-8H3/p+1. The molecule has 0 fully saturated rings. The van der Waals surface area contributed by atoms with Gasteiger partial charge in [0.1, 0.15) is 0 Å². The quantitative estimate of drug-likeness (QED) is 0.708. The molecule has 1 spiro atoms. The Morgan fingerprint density at radius 2 is 1.52 bits per heavy atom. The maximum Gasteiger partial charge on any atom is 0.162 e. The van der Waals surface area contributed by atoms with E-state index in [1.165, 1.54) is 33.7 Å². The number of rotatable bonds is 0. The van der Waals surface area contributed by atoms with Crippen LogP contribution in [0.5, 0.6) is 0 Å². The smallest absolute Gasteiger partial charge is 0.162 e. The molecule has 0 atom stereocenters. The molecule has 2 heterocycles. The van der Waals surface area contributed by atoms with Crippen molar-refractivity contribution in [2.75, 3.05) is 0 Å². The van der Waals surface area contributed by atoms with Crippen molar-refractivity contribution in [1.29, 1.82) is 0 Å². The third-order valence-corrected chi connectivity index (χ3v) is 5.83. The van der Waals surface area contributed by atoms with Crippen molar-refractivity contribution in [3.05, 3.63) is 34.4 Å². The molecule has 0 bridgehead atoms. The number of hydrogen-bond acceptors (Lipinski definition) is 1. The lowest BCUT2D eigenvalue weighted by Gasteiger charge is -2.34. The molecule has 0 aromatic carbocycles. The van der Waals surface area contributed by atoms with Gasteiger partial charge in [0.2, 0.25) is 0 Å². The fourth-order valence-corrected chi connectivity index (χ4v) is 5.00. The zero-order valence-electron chi connectivity index (χ0n) is 16.0. The Balaban J connectivity index is 2.09. The van der Waals surface area contributed by atoms with Crippen molar-refractivity contribution in [3.8, 4) is 0 Å². The Morgan fingerprint density at radius 3 is 1.91 bits per heavy atom. The monoisotopic (exact) mass is 311 g/mol. The highest BCUT2D eigenvalue weighted by Gasteiger charge is 2.53. The van der Waals surface area contributed by atoms with Crippen LogP contribution in [0.25, 0.3) is 0 Å². The van der Waals surface area contributed by atoms with Crippen LogP contribution in [0.3, 0.4) is 0 Å². The van der Waals surface area contributed by atoms with Crippen molar-refractivity contribution < 1.29 is 4.99 Å². The SMILES string of the molecule is CC1=CC(=C2CC(C)(C)N=C2C)C=C(C)C12CC(C)(C)[NH+]=C2C. The molecule has 124 valence electrons. The van der Waals surface area contributed by atoms with Gasteiger partial charge >= 0.3 is 0 Å². The van der Waals surface area contributed by atoms with E-state index in [-0.39, 0.29) is 16.5 Å². The molecule has 0 radical (unpaired) electrons. The van der Waals surface area contributed by atoms with E-state index in [1.807, 2.05) is 0 Å². The molecule has 0 aromatic heterocycles. The fraction of sp³-hybridized carbons (Fsp3) is 0.619. The van der Waals surface area contributed by atoms with Gasteiger partial charge in [-0.1, -0.05) is 23.3 Å². The fourth-order valence-electron chi connectivity index (χ4n) is 5.00. The number of hydrogen-bond donors (Lipinski definition) is 1. The molecule has 3 rings (SSSR count). The van der Waals surface area contributed by atoms with Crippen molar-refractivity contribution in [1.82, 2.24) is 0 Å². The topological polar surface area (TPSA) is 26.3 Å². The van der Waals surface area contributed by atoms with Gasteiger partial charge in [-0.3, -0.25) is 4.99 Å². The minimum absolute atomic E-state index is 0.0456. The zero-order chi connectivity index (χ0) is 17.2. The minimum Gasteiger partial charge on any atom is -0.283 e. The first-order valence-electron chi connectivity index (χ1n) is 8.77. The molecule has 3 aliphatic rings. The summed E-state index contributed by atoms with van der Waals surface area (Å²) < 4.78 is 0. The Labute approximate surface area is 141 Å². The minimum atomic E-state index is 0.0456. The summed E-state index contributed by atoms with van der Waals surface area (Å²) in [5, 5.41) is 0. The molecule has 0 amide bonds. The summed E-state index contributed by atoms with van der Waals surface area (Å²) in [5.74, 6) is 0.